The lowest BCUT2D eigenvalue weighted by molar-refractivity contribution is -0.162. The minimum Gasteiger partial charge on any atom is -1.00 e. The van der Waals surface area contributed by atoms with Crippen molar-refractivity contribution in [1.29, 1.82) is 0 Å². The molecule has 2 unspecified atom stereocenters. The summed E-state index contributed by atoms with van der Waals surface area (Å²) in [6, 6.07) is 22.8. The molecule has 0 radical (unpaired) electrons. The summed E-state index contributed by atoms with van der Waals surface area (Å²) in [6.07, 6.45) is 4.24. The smallest absolute Gasteiger partial charge is 0.348 e. The fraction of sp³-hybridized carbons (Fsp3) is 0.240. The molecular weight excluding hydrogens is 488 g/mol. The van der Waals surface area contributed by atoms with Gasteiger partial charge in [0.25, 0.3) is 0 Å². The molecule has 7 heteroatoms. The first-order chi connectivity index (χ1) is 15.1. The van der Waals surface area contributed by atoms with E-state index in [2.05, 4.69) is 35.1 Å². The summed E-state index contributed by atoms with van der Waals surface area (Å²) in [7, 11) is 0. The van der Waals surface area contributed by atoms with Crippen molar-refractivity contribution in [2.45, 2.75) is 25.2 Å². The number of rotatable bonds is 8. The van der Waals surface area contributed by atoms with Crippen molar-refractivity contribution < 1.29 is 31.6 Å². The number of hydrogen-bond acceptors (Lipinski definition) is 6. The number of hydrogen-bond donors (Lipinski definition) is 1. The standard InChI is InChI=1S/C25H26N2O3S.BrH/c1-20-26(14-15-27(20)19-21-9-4-2-5-10-21)16-17-30-24(28)25(29,23-13-8-18-31-23)22-11-6-3-7-12-22;/h2-15,18,20,29H,16-17,19H2,1H3;1H/p-1. The van der Waals surface area contributed by atoms with E-state index in [0.29, 0.717) is 17.0 Å². The minimum atomic E-state index is -1.80. The van der Waals surface area contributed by atoms with Crippen LogP contribution in [0.5, 0.6) is 0 Å². The molecule has 1 aliphatic heterocycles. The van der Waals surface area contributed by atoms with Crippen molar-refractivity contribution in [2.75, 3.05) is 13.2 Å². The highest BCUT2D eigenvalue weighted by molar-refractivity contribution is 7.10. The Morgan fingerprint density at radius 3 is 2.31 bits per heavy atom. The van der Waals surface area contributed by atoms with Crippen LogP contribution in [0.3, 0.4) is 0 Å². The highest BCUT2D eigenvalue weighted by Gasteiger charge is 2.42. The number of nitrogens with zero attached hydrogens (tertiary/aromatic N) is 2. The van der Waals surface area contributed by atoms with Crippen LogP contribution in [0.1, 0.15) is 22.9 Å². The molecule has 32 heavy (non-hydrogen) atoms. The van der Waals surface area contributed by atoms with Gasteiger partial charge in [-0.15, -0.1) is 11.3 Å². The van der Waals surface area contributed by atoms with E-state index in [1.807, 2.05) is 41.9 Å². The number of halogens is 1. The van der Waals surface area contributed by atoms with Crippen LogP contribution in [-0.2, 0) is 21.7 Å². The van der Waals surface area contributed by atoms with Crippen molar-refractivity contribution in [2.24, 2.45) is 0 Å². The Morgan fingerprint density at radius 2 is 1.66 bits per heavy atom. The quantitative estimate of drug-likeness (QED) is 0.458. The first-order valence-corrected chi connectivity index (χ1v) is 11.2. The maximum absolute atomic E-state index is 13.0. The van der Waals surface area contributed by atoms with Gasteiger partial charge in [0.05, 0.1) is 17.6 Å². The van der Waals surface area contributed by atoms with Gasteiger partial charge in [-0.25, -0.2) is 4.79 Å². The van der Waals surface area contributed by atoms with Gasteiger partial charge < -0.3 is 36.6 Å². The van der Waals surface area contributed by atoms with Gasteiger partial charge >= 0.3 is 5.97 Å². The maximum Gasteiger partial charge on any atom is 0.348 e. The van der Waals surface area contributed by atoms with Crippen LogP contribution < -0.4 is 17.0 Å². The van der Waals surface area contributed by atoms with E-state index in [4.69, 9.17) is 4.74 Å². The highest BCUT2D eigenvalue weighted by Crippen LogP contribution is 2.34. The fourth-order valence-corrected chi connectivity index (χ4v) is 4.56. The third-order valence-electron chi connectivity index (χ3n) is 5.56. The largest absolute Gasteiger partial charge is 1.00 e. The Morgan fingerprint density at radius 1 is 1.00 bits per heavy atom. The summed E-state index contributed by atoms with van der Waals surface area (Å²) in [6.45, 7) is 3.68. The van der Waals surface area contributed by atoms with Crippen LogP contribution in [-0.4, -0.2) is 40.2 Å². The average Bonchev–Trinajstić information content (AvgIpc) is 3.46. The van der Waals surface area contributed by atoms with E-state index in [-0.39, 0.29) is 29.8 Å². The SMILES string of the molecule is CC1N(CCOC(=O)C(O)(c2ccccc2)c2cccs2)C=CN1Cc1ccccc1.[Br-]. The molecule has 0 fully saturated rings. The fourth-order valence-electron chi connectivity index (χ4n) is 3.72. The summed E-state index contributed by atoms with van der Waals surface area (Å²) < 4.78 is 5.57. The van der Waals surface area contributed by atoms with Gasteiger partial charge in [0.2, 0.25) is 5.60 Å². The summed E-state index contributed by atoms with van der Waals surface area (Å²) in [5.41, 5.74) is -0.0524. The summed E-state index contributed by atoms with van der Waals surface area (Å²) >= 11 is 1.33. The molecule has 3 aromatic rings. The zero-order valence-electron chi connectivity index (χ0n) is 17.8. The van der Waals surface area contributed by atoms with E-state index >= 15 is 0 Å². The van der Waals surface area contributed by atoms with Crippen molar-refractivity contribution >= 4 is 17.3 Å². The normalized spacial score (nSPS) is 17.0. The molecule has 2 heterocycles. The van der Waals surface area contributed by atoms with Gasteiger partial charge in [-0.05, 0) is 23.9 Å². The Hall–Kier alpha value is -2.61. The lowest BCUT2D eigenvalue weighted by atomic mass is 9.92. The van der Waals surface area contributed by atoms with Crippen LogP contribution >= 0.6 is 11.3 Å². The molecule has 1 aliphatic rings. The lowest BCUT2D eigenvalue weighted by Gasteiger charge is -2.30. The third-order valence-corrected chi connectivity index (χ3v) is 6.54. The summed E-state index contributed by atoms with van der Waals surface area (Å²) in [5.74, 6) is -0.655. The predicted molar refractivity (Wildman–Crippen MR) is 122 cm³/mol. The predicted octanol–water partition coefficient (Wildman–Crippen LogP) is 1.17. The first-order valence-electron chi connectivity index (χ1n) is 10.3. The lowest BCUT2D eigenvalue weighted by Crippen LogP contribution is -3.00. The van der Waals surface area contributed by atoms with Crippen LogP contribution in [0.4, 0.5) is 0 Å². The average molecular weight is 514 g/mol. The van der Waals surface area contributed by atoms with Gasteiger partial charge in [0.1, 0.15) is 6.61 Å². The molecule has 0 saturated heterocycles. The molecule has 0 spiro atoms. The van der Waals surface area contributed by atoms with Crippen molar-refractivity contribution in [1.82, 2.24) is 9.80 Å². The van der Waals surface area contributed by atoms with E-state index in [9.17, 15) is 9.90 Å². The molecular formula is C25H26BrN2O3S-. The molecule has 2 aromatic carbocycles. The summed E-state index contributed by atoms with van der Waals surface area (Å²) in [4.78, 5) is 17.9. The van der Waals surface area contributed by atoms with Gasteiger partial charge in [-0.2, -0.15) is 0 Å². The van der Waals surface area contributed by atoms with Gasteiger partial charge in [-0.1, -0.05) is 66.7 Å². The molecule has 0 aliphatic carbocycles. The zero-order valence-corrected chi connectivity index (χ0v) is 20.2. The topological polar surface area (TPSA) is 53.0 Å². The Bertz CT molecular complexity index is 1010. The van der Waals surface area contributed by atoms with Gasteiger partial charge in [0.15, 0.2) is 0 Å². The van der Waals surface area contributed by atoms with E-state index in [0.717, 1.165) is 6.54 Å². The van der Waals surface area contributed by atoms with Crippen molar-refractivity contribution in [3.8, 4) is 0 Å². The van der Waals surface area contributed by atoms with Crippen molar-refractivity contribution in [3.05, 3.63) is 107 Å². The molecule has 0 saturated carbocycles. The molecule has 1 aromatic heterocycles. The van der Waals surface area contributed by atoms with E-state index in [1.165, 1.54) is 16.9 Å². The number of aliphatic hydroxyl groups is 1. The number of ether oxygens (including phenoxy) is 1. The van der Waals surface area contributed by atoms with Crippen LogP contribution in [0, 0.1) is 0 Å². The minimum absolute atomic E-state index is 0. The summed E-state index contributed by atoms with van der Waals surface area (Å²) in [5, 5.41) is 13.2. The Labute approximate surface area is 203 Å². The maximum atomic E-state index is 13.0. The molecule has 0 amide bonds. The molecule has 0 bridgehead atoms. The molecule has 1 N–H and O–H groups in total. The second kappa shape index (κ2) is 10.8. The second-order valence-electron chi connectivity index (χ2n) is 7.52. The molecule has 4 rings (SSSR count). The number of esters is 1. The van der Waals surface area contributed by atoms with Gasteiger partial charge in [0, 0.05) is 24.5 Å². The number of carbonyl (C=O) groups excluding carboxylic acids is 1. The van der Waals surface area contributed by atoms with Crippen LogP contribution in [0.15, 0.2) is 90.6 Å². The van der Waals surface area contributed by atoms with E-state index < -0.39 is 11.6 Å². The first kappa shape index (κ1) is 24.0. The number of thiophene rings is 1. The number of carbonyl (C=O) groups is 1. The molecule has 5 nitrogen and oxygen atoms in total. The third kappa shape index (κ3) is 5.06. The van der Waals surface area contributed by atoms with Crippen molar-refractivity contribution in [3.63, 3.8) is 0 Å². The monoisotopic (exact) mass is 513 g/mol. The zero-order chi connectivity index (χ0) is 21.7. The Balaban J connectivity index is 0.00000289. The number of benzene rings is 2. The molecule has 168 valence electrons. The van der Waals surface area contributed by atoms with Crippen LogP contribution in [0.2, 0.25) is 0 Å². The molecule has 2 atom stereocenters. The van der Waals surface area contributed by atoms with E-state index in [1.54, 1.807) is 30.3 Å². The van der Waals surface area contributed by atoms with Gasteiger partial charge in [-0.3, -0.25) is 0 Å². The Kier molecular flexibility index (Phi) is 8.12. The highest BCUT2D eigenvalue weighted by atomic mass is 79.9. The van der Waals surface area contributed by atoms with Crippen LogP contribution in [0.25, 0.3) is 0 Å². The second-order valence-corrected chi connectivity index (χ2v) is 8.46.